The number of rotatable bonds is 3. The van der Waals surface area contributed by atoms with Gasteiger partial charge in [-0.05, 0) is 57.4 Å². The Labute approximate surface area is 100 Å². The highest BCUT2D eigenvalue weighted by molar-refractivity contribution is 5.06. The van der Waals surface area contributed by atoms with Crippen molar-refractivity contribution in [2.45, 2.75) is 52.0 Å². The molecule has 1 N–H and O–H groups in total. The van der Waals surface area contributed by atoms with Gasteiger partial charge in [0.05, 0.1) is 0 Å². The first kappa shape index (κ1) is 11.9. The molecule has 0 aromatic heterocycles. The fraction of sp³-hybridized carbons (Fsp3) is 0.733. The van der Waals surface area contributed by atoms with Gasteiger partial charge in [-0.25, -0.2) is 0 Å². The largest absolute Gasteiger partial charge is 0.313 e. The topological polar surface area (TPSA) is 12.0 Å². The molecule has 0 radical (unpaired) electrons. The van der Waals surface area contributed by atoms with E-state index in [4.69, 9.17) is 0 Å². The molecule has 3 atom stereocenters. The molecule has 0 aromatic carbocycles. The third-order valence-corrected chi connectivity index (χ3v) is 3.85. The van der Waals surface area contributed by atoms with Crippen LogP contribution in [0.2, 0.25) is 0 Å². The van der Waals surface area contributed by atoms with E-state index < -0.39 is 0 Å². The zero-order valence-electron chi connectivity index (χ0n) is 10.7. The van der Waals surface area contributed by atoms with Gasteiger partial charge in [0.1, 0.15) is 0 Å². The third kappa shape index (κ3) is 3.48. The van der Waals surface area contributed by atoms with Crippen LogP contribution in [-0.2, 0) is 0 Å². The first-order valence-corrected chi connectivity index (χ1v) is 6.79. The highest BCUT2D eigenvalue weighted by Crippen LogP contribution is 2.27. The van der Waals surface area contributed by atoms with Crippen LogP contribution in [0.1, 0.15) is 46.0 Å². The lowest BCUT2D eigenvalue weighted by Gasteiger charge is -2.28. The van der Waals surface area contributed by atoms with Crippen molar-refractivity contribution < 1.29 is 0 Å². The summed E-state index contributed by atoms with van der Waals surface area (Å²) in [6.45, 7) is 5.85. The molecule has 0 aliphatic heterocycles. The van der Waals surface area contributed by atoms with Crippen molar-refractivity contribution in [2.75, 3.05) is 6.54 Å². The predicted molar refractivity (Wildman–Crippen MR) is 70.4 cm³/mol. The van der Waals surface area contributed by atoms with Crippen LogP contribution in [0.3, 0.4) is 0 Å². The Kier molecular flexibility index (Phi) is 4.22. The van der Waals surface area contributed by atoms with Gasteiger partial charge in [0, 0.05) is 6.04 Å². The summed E-state index contributed by atoms with van der Waals surface area (Å²) in [6, 6.07) is 0.742. The molecule has 16 heavy (non-hydrogen) atoms. The lowest BCUT2D eigenvalue weighted by atomic mass is 9.83. The van der Waals surface area contributed by atoms with Gasteiger partial charge in [-0.1, -0.05) is 30.7 Å². The van der Waals surface area contributed by atoms with Crippen LogP contribution in [0.25, 0.3) is 0 Å². The summed E-state index contributed by atoms with van der Waals surface area (Å²) in [6.07, 6.45) is 13.6. The Morgan fingerprint density at radius 2 is 2.25 bits per heavy atom. The standard InChI is InChI=1S/C15H25N/c1-12-8-13(2)10-14(9-12)11-16-15-6-4-3-5-7-15/h3-4,8,12,14-16H,5-7,9-11H2,1-2H3. The van der Waals surface area contributed by atoms with E-state index in [2.05, 4.69) is 37.4 Å². The molecule has 90 valence electrons. The van der Waals surface area contributed by atoms with Crippen LogP contribution in [-0.4, -0.2) is 12.6 Å². The van der Waals surface area contributed by atoms with Gasteiger partial charge in [0.2, 0.25) is 0 Å². The Balaban J connectivity index is 1.74. The Morgan fingerprint density at radius 1 is 1.38 bits per heavy atom. The summed E-state index contributed by atoms with van der Waals surface area (Å²) in [5.74, 6) is 1.65. The van der Waals surface area contributed by atoms with E-state index in [-0.39, 0.29) is 0 Å². The van der Waals surface area contributed by atoms with E-state index in [0.29, 0.717) is 0 Å². The molecule has 0 aromatic rings. The van der Waals surface area contributed by atoms with Crippen molar-refractivity contribution in [1.29, 1.82) is 0 Å². The zero-order chi connectivity index (χ0) is 11.4. The molecule has 0 bridgehead atoms. The van der Waals surface area contributed by atoms with Crippen molar-refractivity contribution in [2.24, 2.45) is 11.8 Å². The normalized spacial score (nSPS) is 34.9. The maximum absolute atomic E-state index is 3.75. The second-order valence-electron chi connectivity index (χ2n) is 5.69. The van der Waals surface area contributed by atoms with Gasteiger partial charge >= 0.3 is 0 Å². The lowest BCUT2D eigenvalue weighted by molar-refractivity contribution is 0.351. The summed E-state index contributed by atoms with van der Waals surface area (Å²) in [5, 5.41) is 3.75. The zero-order valence-corrected chi connectivity index (χ0v) is 10.7. The molecular formula is C15H25N. The predicted octanol–water partition coefficient (Wildman–Crippen LogP) is 3.68. The maximum Gasteiger partial charge on any atom is 0.0105 e. The van der Waals surface area contributed by atoms with Crippen molar-refractivity contribution >= 4 is 0 Å². The van der Waals surface area contributed by atoms with Crippen LogP contribution in [0.15, 0.2) is 23.8 Å². The smallest absolute Gasteiger partial charge is 0.0105 e. The molecule has 0 fully saturated rings. The summed E-state index contributed by atoms with van der Waals surface area (Å²) in [5.41, 5.74) is 1.59. The lowest BCUT2D eigenvalue weighted by Crippen LogP contribution is -2.35. The molecule has 2 aliphatic carbocycles. The Hall–Kier alpha value is -0.560. The summed E-state index contributed by atoms with van der Waals surface area (Å²) in [4.78, 5) is 0. The minimum atomic E-state index is 0.742. The summed E-state index contributed by atoms with van der Waals surface area (Å²) < 4.78 is 0. The first-order valence-electron chi connectivity index (χ1n) is 6.79. The van der Waals surface area contributed by atoms with Crippen molar-refractivity contribution in [1.82, 2.24) is 5.32 Å². The average molecular weight is 219 g/mol. The second kappa shape index (κ2) is 5.67. The van der Waals surface area contributed by atoms with E-state index in [1.807, 2.05) is 0 Å². The van der Waals surface area contributed by atoms with Gasteiger partial charge in [0.15, 0.2) is 0 Å². The maximum atomic E-state index is 3.75. The number of nitrogens with one attached hydrogen (secondary N) is 1. The van der Waals surface area contributed by atoms with Crippen LogP contribution in [0, 0.1) is 11.8 Å². The molecule has 1 heteroatoms. The monoisotopic (exact) mass is 219 g/mol. The minimum absolute atomic E-state index is 0.742. The fourth-order valence-electron chi connectivity index (χ4n) is 3.15. The SMILES string of the molecule is CC1=CC(C)CC(CNC2CC=CCC2)C1. The van der Waals surface area contributed by atoms with Crippen LogP contribution < -0.4 is 5.32 Å². The molecule has 1 nitrogen and oxygen atoms in total. The van der Waals surface area contributed by atoms with Gasteiger partial charge in [-0.15, -0.1) is 0 Å². The second-order valence-corrected chi connectivity index (χ2v) is 5.69. The van der Waals surface area contributed by atoms with Crippen LogP contribution in [0.4, 0.5) is 0 Å². The van der Waals surface area contributed by atoms with Gasteiger partial charge in [0.25, 0.3) is 0 Å². The molecule has 0 spiro atoms. The highest BCUT2D eigenvalue weighted by Gasteiger charge is 2.19. The van der Waals surface area contributed by atoms with E-state index in [1.165, 1.54) is 38.6 Å². The molecule has 0 heterocycles. The minimum Gasteiger partial charge on any atom is -0.313 e. The van der Waals surface area contributed by atoms with Gasteiger partial charge in [-0.2, -0.15) is 0 Å². The number of allylic oxidation sites excluding steroid dienone is 3. The van der Waals surface area contributed by atoms with E-state index in [9.17, 15) is 0 Å². The molecule has 0 saturated carbocycles. The highest BCUT2D eigenvalue weighted by atomic mass is 14.9. The van der Waals surface area contributed by atoms with Crippen molar-refractivity contribution in [3.05, 3.63) is 23.8 Å². The molecule has 0 amide bonds. The van der Waals surface area contributed by atoms with E-state index in [1.54, 1.807) is 5.57 Å². The molecule has 2 aliphatic rings. The van der Waals surface area contributed by atoms with Gasteiger partial charge in [-0.3, -0.25) is 0 Å². The first-order chi connectivity index (χ1) is 7.74. The van der Waals surface area contributed by atoms with E-state index >= 15 is 0 Å². The van der Waals surface area contributed by atoms with Crippen LogP contribution in [0.5, 0.6) is 0 Å². The fourth-order valence-corrected chi connectivity index (χ4v) is 3.15. The van der Waals surface area contributed by atoms with Gasteiger partial charge < -0.3 is 5.32 Å². The quantitative estimate of drug-likeness (QED) is 0.714. The van der Waals surface area contributed by atoms with E-state index in [0.717, 1.165) is 17.9 Å². The summed E-state index contributed by atoms with van der Waals surface area (Å²) in [7, 11) is 0. The number of hydrogen-bond donors (Lipinski definition) is 1. The Morgan fingerprint density at radius 3 is 2.94 bits per heavy atom. The third-order valence-electron chi connectivity index (χ3n) is 3.85. The Bertz CT molecular complexity index is 277. The molecular weight excluding hydrogens is 194 g/mol. The van der Waals surface area contributed by atoms with Crippen LogP contribution >= 0.6 is 0 Å². The molecule has 2 rings (SSSR count). The van der Waals surface area contributed by atoms with Crippen molar-refractivity contribution in [3.63, 3.8) is 0 Å². The molecule has 0 saturated heterocycles. The molecule has 3 unspecified atom stereocenters. The summed E-state index contributed by atoms with van der Waals surface area (Å²) >= 11 is 0. The average Bonchev–Trinajstić information content (AvgIpc) is 2.27. The number of hydrogen-bond acceptors (Lipinski definition) is 1. The van der Waals surface area contributed by atoms with Crippen molar-refractivity contribution in [3.8, 4) is 0 Å².